The van der Waals surface area contributed by atoms with Crippen molar-refractivity contribution in [2.75, 3.05) is 0 Å². The van der Waals surface area contributed by atoms with Gasteiger partial charge < -0.3 is 0 Å². The van der Waals surface area contributed by atoms with Gasteiger partial charge in [0, 0.05) is 6.42 Å². The van der Waals surface area contributed by atoms with Crippen molar-refractivity contribution in [2.24, 2.45) is 34.5 Å². The summed E-state index contributed by atoms with van der Waals surface area (Å²) in [5, 5.41) is 0. The summed E-state index contributed by atoms with van der Waals surface area (Å²) in [6.07, 6.45) is 13.9. The maximum absolute atomic E-state index is 12.9. The molecule has 0 aromatic heterocycles. The van der Waals surface area contributed by atoms with E-state index in [0.717, 1.165) is 36.2 Å². The summed E-state index contributed by atoms with van der Waals surface area (Å²) >= 11 is 0. The number of carbonyl (C=O) groups is 1. The molecule has 5 rings (SSSR count). The number of carbonyl (C=O) groups excluding carboxylic acids is 1. The lowest BCUT2D eigenvalue weighted by Gasteiger charge is -2.60. The molecule has 1 nitrogen and oxygen atoms in total. The number of allylic oxidation sites excluding steroid dienone is 1. The van der Waals surface area contributed by atoms with Crippen LogP contribution in [0.2, 0.25) is 0 Å². The first kappa shape index (κ1) is 17.7. The van der Waals surface area contributed by atoms with Gasteiger partial charge in [0.05, 0.1) is 0 Å². The lowest BCUT2D eigenvalue weighted by Crippen LogP contribution is -2.53. The van der Waals surface area contributed by atoms with Crippen LogP contribution in [0.15, 0.2) is 35.9 Å². The molecule has 4 aliphatic rings. The smallest absolute Gasteiger partial charge is 0.159 e. The number of rotatable bonds is 1. The van der Waals surface area contributed by atoms with Gasteiger partial charge in [0.2, 0.25) is 0 Å². The first-order valence-corrected chi connectivity index (χ1v) is 11.3. The van der Waals surface area contributed by atoms with Gasteiger partial charge in [-0.2, -0.15) is 0 Å². The minimum Gasteiger partial charge on any atom is -0.295 e. The van der Waals surface area contributed by atoms with Crippen LogP contribution >= 0.6 is 0 Å². The van der Waals surface area contributed by atoms with Crippen LogP contribution in [0.1, 0.15) is 77.2 Å². The van der Waals surface area contributed by atoms with E-state index >= 15 is 0 Å². The molecule has 0 spiro atoms. The molecule has 0 amide bonds. The third-order valence-corrected chi connectivity index (χ3v) is 9.35. The van der Waals surface area contributed by atoms with Gasteiger partial charge in [-0.05, 0) is 96.7 Å². The van der Waals surface area contributed by atoms with E-state index in [4.69, 9.17) is 0 Å². The van der Waals surface area contributed by atoms with E-state index in [1.54, 1.807) is 0 Å². The fourth-order valence-electron chi connectivity index (χ4n) is 7.88. The fraction of sp³-hybridized carbons (Fsp3) is 0.654. The van der Waals surface area contributed by atoms with E-state index in [1.807, 2.05) is 0 Å². The molecule has 6 atom stereocenters. The first-order chi connectivity index (χ1) is 13.0. The molecule has 0 aliphatic heterocycles. The highest BCUT2D eigenvalue weighted by Gasteiger charge is 2.58. The molecule has 4 fully saturated rings. The highest BCUT2D eigenvalue weighted by atomic mass is 16.1. The van der Waals surface area contributed by atoms with Gasteiger partial charge in [-0.3, -0.25) is 4.79 Å². The van der Waals surface area contributed by atoms with Gasteiger partial charge in [0.15, 0.2) is 5.78 Å². The monoisotopic (exact) mass is 362 g/mol. The van der Waals surface area contributed by atoms with E-state index in [1.165, 1.54) is 50.5 Å². The molecule has 0 heterocycles. The lowest BCUT2D eigenvalue weighted by atomic mass is 9.45. The zero-order valence-corrected chi connectivity index (χ0v) is 17.0. The lowest BCUT2D eigenvalue weighted by molar-refractivity contribution is -0.130. The van der Waals surface area contributed by atoms with E-state index in [-0.39, 0.29) is 0 Å². The van der Waals surface area contributed by atoms with Crippen LogP contribution in [0.25, 0.3) is 6.08 Å². The number of benzene rings is 1. The largest absolute Gasteiger partial charge is 0.295 e. The molecule has 1 aromatic rings. The summed E-state index contributed by atoms with van der Waals surface area (Å²) in [4.78, 5) is 12.9. The molecule has 0 N–H and O–H groups in total. The summed E-state index contributed by atoms with van der Waals surface area (Å²) in [7, 11) is 0. The molecular weight excluding hydrogens is 328 g/mol. The second kappa shape index (κ2) is 6.33. The number of hydrogen-bond acceptors (Lipinski definition) is 1. The van der Waals surface area contributed by atoms with Crippen molar-refractivity contribution in [3.05, 3.63) is 41.5 Å². The van der Waals surface area contributed by atoms with Crippen LogP contribution in [0.5, 0.6) is 0 Å². The SMILES string of the molecule is C[C@]12CCC[C@@H]1[C@@H]1CC[C@H]3CC(=O)/C(=C\c4ccccc4)C[C@@]3(C)[C@@H]1CC2. The van der Waals surface area contributed by atoms with Gasteiger partial charge in [-0.15, -0.1) is 0 Å². The Hall–Kier alpha value is -1.37. The molecule has 0 bridgehead atoms. The molecular formula is C26H34O. The van der Waals surface area contributed by atoms with Crippen LogP contribution in [-0.4, -0.2) is 5.78 Å². The van der Waals surface area contributed by atoms with Crippen LogP contribution in [0, 0.1) is 34.5 Å². The van der Waals surface area contributed by atoms with Crippen molar-refractivity contribution in [3.8, 4) is 0 Å². The van der Waals surface area contributed by atoms with Crippen molar-refractivity contribution in [1.29, 1.82) is 0 Å². The normalized spacial score (nSPS) is 45.3. The van der Waals surface area contributed by atoms with Crippen LogP contribution in [0.3, 0.4) is 0 Å². The molecule has 144 valence electrons. The minimum atomic E-state index is 0.335. The summed E-state index contributed by atoms with van der Waals surface area (Å²) in [5.41, 5.74) is 3.24. The van der Waals surface area contributed by atoms with Crippen LogP contribution in [0.4, 0.5) is 0 Å². The third-order valence-electron chi connectivity index (χ3n) is 9.35. The second-order valence-electron chi connectivity index (χ2n) is 10.6. The molecule has 0 saturated heterocycles. The summed E-state index contributed by atoms with van der Waals surface area (Å²) in [6, 6.07) is 10.5. The van der Waals surface area contributed by atoms with E-state index in [0.29, 0.717) is 22.5 Å². The number of fused-ring (bicyclic) bond motifs is 5. The highest BCUT2D eigenvalue weighted by Crippen LogP contribution is 2.66. The molecule has 0 radical (unpaired) electrons. The van der Waals surface area contributed by atoms with E-state index in [9.17, 15) is 4.79 Å². The predicted octanol–water partition coefficient (Wildman–Crippen LogP) is 6.68. The van der Waals surface area contributed by atoms with Crippen molar-refractivity contribution >= 4 is 11.9 Å². The number of hydrogen-bond donors (Lipinski definition) is 0. The minimum absolute atomic E-state index is 0.335. The maximum Gasteiger partial charge on any atom is 0.159 e. The third kappa shape index (κ3) is 2.76. The quantitative estimate of drug-likeness (QED) is 0.509. The van der Waals surface area contributed by atoms with Crippen LogP contribution < -0.4 is 0 Å². The highest BCUT2D eigenvalue weighted by molar-refractivity contribution is 6.00. The van der Waals surface area contributed by atoms with Crippen molar-refractivity contribution in [1.82, 2.24) is 0 Å². The standard InChI is InChI=1S/C26H34O/c1-25-13-6-9-22(25)21-11-10-20-16-24(27)19(15-18-7-4-3-5-8-18)17-26(20,2)23(21)12-14-25/h3-5,7-8,15,20-23H,6,9-14,16-17H2,1-2H3/b19-15-/t20-,21-,22+,23+,25+,26+/m0/s1. The van der Waals surface area contributed by atoms with Gasteiger partial charge in [-0.25, -0.2) is 0 Å². The van der Waals surface area contributed by atoms with E-state index < -0.39 is 0 Å². The molecule has 0 unspecified atom stereocenters. The Balaban J connectivity index is 1.46. The zero-order valence-electron chi connectivity index (χ0n) is 17.0. The molecule has 4 saturated carbocycles. The van der Waals surface area contributed by atoms with Gasteiger partial charge >= 0.3 is 0 Å². The van der Waals surface area contributed by atoms with E-state index in [2.05, 4.69) is 50.3 Å². The van der Waals surface area contributed by atoms with Gasteiger partial charge in [0.25, 0.3) is 0 Å². The summed E-state index contributed by atoms with van der Waals surface area (Å²) < 4.78 is 0. The number of ketones is 1. The van der Waals surface area contributed by atoms with Gasteiger partial charge in [-0.1, -0.05) is 50.6 Å². The Bertz CT molecular complexity index is 762. The molecule has 27 heavy (non-hydrogen) atoms. The average molecular weight is 363 g/mol. The molecule has 1 heteroatoms. The van der Waals surface area contributed by atoms with Crippen molar-refractivity contribution in [2.45, 2.75) is 71.6 Å². The second-order valence-corrected chi connectivity index (χ2v) is 10.6. The topological polar surface area (TPSA) is 17.1 Å². The molecule has 1 aromatic carbocycles. The average Bonchev–Trinajstić information content (AvgIpc) is 3.05. The Kier molecular flexibility index (Phi) is 4.15. The zero-order chi connectivity index (χ0) is 18.6. The number of Topliss-reactive ketones (excluding diaryl/α,β-unsaturated/α-hetero) is 1. The van der Waals surface area contributed by atoms with Crippen molar-refractivity contribution < 1.29 is 4.79 Å². The Morgan fingerprint density at radius 3 is 2.59 bits per heavy atom. The molecule has 4 aliphatic carbocycles. The Morgan fingerprint density at radius 1 is 0.963 bits per heavy atom. The van der Waals surface area contributed by atoms with Crippen LogP contribution in [-0.2, 0) is 4.79 Å². The maximum atomic E-state index is 12.9. The van der Waals surface area contributed by atoms with Crippen molar-refractivity contribution in [3.63, 3.8) is 0 Å². The Labute approximate surface area is 164 Å². The Morgan fingerprint density at radius 2 is 1.78 bits per heavy atom. The predicted molar refractivity (Wildman–Crippen MR) is 111 cm³/mol. The first-order valence-electron chi connectivity index (χ1n) is 11.3. The fourth-order valence-corrected chi connectivity index (χ4v) is 7.88. The summed E-state index contributed by atoms with van der Waals surface area (Å²) in [5.74, 6) is 3.73. The van der Waals surface area contributed by atoms with Gasteiger partial charge in [0.1, 0.15) is 0 Å². The summed E-state index contributed by atoms with van der Waals surface area (Å²) in [6.45, 7) is 5.14.